The van der Waals surface area contributed by atoms with Crippen molar-refractivity contribution in [3.63, 3.8) is 0 Å². The maximum Gasteiger partial charge on any atom is 0.0979 e. The largest absolute Gasteiger partial charge is 0.0979 e. The molecular weight excluding hydrogens is 268 g/mol. The van der Waals surface area contributed by atoms with Gasteiger partial charge >= 0.3 is 0 Å². The first kappa shape index (κ1) is 16.3. The van der Waals surface area contributed by atoms with Gasteiger partial charge < -0.3 is 0 Å². The number of hydrogen-bond acceptors (Lipinski definition) is 0. The lowest BCUT2D eigenvalue weighted by Gasteiger charge is -2.45. The van der Waals surface area contributed by atoms with E-state index in [0.717, 1.165) is 5.92 Å². The molecule has 2 unspecified atom stereocenters. The normalized spacial score (nSPS) is 25.2. The Labute approximate surface area is 132 Å². The van der Waals surface area contributed by atoms with Gasteiger partial charge in [0.15, 0.2) is 0 Å². The van der Waals surface area contributed by atoms with Crippen molar-refractivity contribution in [2.75, 3.05) is 0 Å². The number of rotatable bonds is 4. The fourth-order valence-corrected chi connectivity index (χ4v) is 9.53. The summed E-state index contributed by atoms with van der Waals surface area (Å²) in [6.07, 6.45) is 2.57. The predicted octanol–water partition coefficient (Wildman–Crippen LogP) is 5.68. The Morgan fingerprint density at radius 1 is 1.05 bits per heavy atom. The molecule has 0 heterocycles. The Bertz CT molecular complexity index is 579. The van der Waals surface area contributed by atoms with E-state index < -0.39 is 8.07 Å². The first-order valence-electron chi connectivity index (χ1n) is 8.15. The van der Waals surface area contributed by atoms with Crippen LogP contribution in [-0.2, 0) is 0 Å². The third-order valence-electron chi connectivity index (χ3n) is 5.81. The van der Waals surface area contributed by atoms with Gasteiger partial charge in [-0.25, -0.2) is 0 Å². The summed E-state index contributed by atoms with van der Waals surface area (Å²) in [7, 11) is -1.66. The summed E-state index contributed by atoms with van der Waals surface area (Å²) in [4.78, 5) is 0. The van der Waals surface area contributed by atoms with Gasteiger partial charge in [0.1, 0.15) is 0 Å². The zero-order chi connectivity index (χ0) is 15.8. The molecule has 0 bridgehead atoms. The van der Waals surface area contributed by atoms with Gasteiger partial charge in [-0.3, -0.25) is 0 Å². The van der Waals surface area contributed by atoms with Gasteiger partial charge in [-0.05, 0) is 32.3 Å². The molecule has 1 aliphatic rings. The molecule has 2 atom stereocenters. The van der Waals surface area contributed by atoms with E-state index in [2.05, 4.69) is 84.5 Å². The highest BCUT2D eigenvalue weighted by Gasteiger charge is 2.49. The monoisotopic (exact) mass is 298 g/mol. The van der Waals surface area contributed by atoms with E-state index in [9.17, 15) is 0 Å². The van der Waals surface area contributed by atoms with Gasteiger partial charge in [0.2, 0.25) is 0 Å². The predicted molar refractivity (Wildman–Crippen MR) is 97.8 cm³/mol. The highest BCUT2D eigenvalue weighted by molar-refractivity contribution is 6.94. The van der Waals surface area contributed by atoms with Gasteiger partial charge in [-0.15, -0.1) is 0 Å². The molecule has 0 amide bonds. The molecule has 0 nitrogen and oxygen atoms in total. The zero-order valence-corrected chi connectivity index (χ0v) is 15.7. The second kappa shape index (κ2) is 5.60. The maximum atomic E-state index is 2.59. The number of allylic oxidation sites excluding steroid dienone is 4. The molecule has 0 fully saturated rings. The molecule has 1 heteroatoms. The van der Waals surface area contributed by atoms with E-state index in [1.165, 1.54) is 17.2 Å². The van der Waals surface area contributed by atoms with Crippen LogP contribution in [0.2, 0.25) is 17.6 Å². The first-order valence-corrected chi connectivity index (χ1v) is 10.9. The van der Waals surface area contributed by atoms with Crippen LogP contribution < -0.4 is 5.19 Å². The third kappa shape index (κ3) is 2.57. The maximum absolute atomic E-state index is 2.59. The van der Waals surface area contributed by atoms with E-state index in [4.69, 9.17) is 0 Å². The Morgan fingerprint density at radius 2 is 1.62 bits per heavy atom. The molecule has 21 heavy (non-hydrogen) atoms. The summed E-state index contributed by atoms with van der Waals surface area (Å²) in [5.74, 6) is 0.737. The summed E-state index contributed by atoms with van der Waals surface area (Å²) in [5.41, 5.74) is 4.59. The average molecular weight is 299 g/mol. The van der Waals surface area contributed by atoms with Crippen LogP contribution in [-0.4, -0.2) is 8.07 Å². The molecule has 1 aliphatic carbocycles. The van der Waals surface area contributed by atoms with Crippen LogP contribution in [0.4, 0.5) is 0 Å². The minimum atomic E-state index is -1.66. The molecular formula is C20H30Si. The van der Waals surface area contributed by atoms with Crippen LogP contribution in [0.3, 0.4) is 0 Å². The quantitative estimate of drug-likeness (QED) is 0.627. The first-order chi connectivity index (χ1) is 9.72. The molecule has 0 saturated carbocycles. The average Bonchev–Trinajstić information content (AvgIpc) is 2.64. The van der Waals surface area contributed by atoms with Crippen LogP contribution in [0.1, 0.15) is 41.5 Å². The fourth-order valence-electron chi connectivity index (χ4n) is 4.16. The van der Waals surface area contributed by atoms with Crippen LogP contribution in [0.25, 0.3) is 0 Å². The van der Waals surface area contributed by atoms with Crippen molar-refractivity contribution >= 4 is 13.3 Å². The van der Waals surface area contributed by atoms with Gasteiger partial charge in [-0.1, -0.05) is 86.1 Å². The van der Waals surface area contributed by atoms with Crippen molar-refractivity contribution in [3.05, 3.63) is 53.1 Å². The summed E-state index contributed by atoms with van der Waals surface area (Å²) < 4.78 is 0. The summed E-state index contributed by atoms with van der Waals surface area (Å²) in [6.45, 7) is 16.7. The van der Waals surface area contributed by atoms with Gasteiger partial charge in [0, 0.05) is 5.04 Å². The summed E-state index contributed by atoms with van der Waals surface area (Å²) >= 11 is 0. The minimum absolute atomic E-state index is 0.243. The van der Waals surface area contributed by atoms with Crippen molar-refractivity contribution in [2.45, 2.75) is 59.2 Å². The van der Waals surface area contributed by atoms with Gasteiger partial charge in [-0.2, -0.15) is 0 Å². The second-order valence-corrected chi connectivity index (χ2v) is 12.3. The second-order valence-electron chi connectivity index (χ2n) is 7.58. The lowest BCUT2D eigenvalue weighted by Crippen LogP contribution is -2.54. The van der Waals surface area contributed by atoms with E-state index in [1.54, 1.807) is 10.8 Å². The lowest BCUT2D eigenvalue weighted by molar-refractivity contribution is 0.699. The lowest BCUT2D eigenvalue weighted by atomic mass is 10.0. The Kier molecular flexibility index (Phi) is 4.35. The van der Waals surface area contributed by atoms with E-state index in [-0.39, 0.29) is 5.04 Å². The highest BCUT2D eigenvalue weighted by Crippen LogP contribution is 2.54. The highest BCUT2D eigenvalue weighted by atomic mass is 28.3. The SMILES string of the molecule is CC1=CC(C)([Si](C)(CC(C)C)c2ccccc2)C(C)=C1C. The van der Waals surface area contributed by atoms with Gasteiger partial charge in [0.25, 0.3) is 0 Å². The van der Waals surface area contributed by atoms with Crippen LogP contribution in [0.15, 0.2) is 53.1 Å². The van der Waals surface area contributed by atoms with Crippen molar-refractivity contribution in [1.29, 1.82) is 0 Å². The van der Waals surface area contributed by atoms with E-state index in [1.807, 2.05) is 0 Å². The fraction of sp³-hybridized carbons (Fsp3) is 0.500. The smallest absolute Gasteiger partial charge is 0.0737 e. The molecule has 0 aliphatic heterocycles. The molecule has 114 valence electrons. The van der Waals surface area contributed by atoms with E-state index >= 15 is 0 Å². The van der Waals surface area contributed by atoms with Crippen LogP contribution >= 0.6 is 0 Å². The minimum Gasteiger partial charge on any atom is -0.0737 e. The standard InChI is InChI=1S/C20H30Si/c1-15(2)14-21(7,19-11-9-8-10-12-19)20(6)13-16(3)17(4)18(20)5/h8-13,15H,14H2,1-7H3. The number of hydrogen-bond donors (Lipinski definition) is 0. The molecule has 0 saturated heterocycles. The molecule has 1 aromatic rings. The van der Waals surface area contributed by atoms with Gasteiger partial charge in [0.05, 0.1) is 8.07 Å². The molecule has 0 radical (unpaired) electrons. The van der Waals surface area contributed by atoms with E-state index in [0.29, 0.717) is 0 Å². The van der Waals surface area contributed by atoms with Crippen molar-refractivity contribution in [2.24, 2.45) is 5.92 Å². The Balaban J connectivity index is 2.63. The summed E-state index contributed by atoms with van der Waals surface area (Å²) in [5, 5.41) is 1.84. The molecule has 0 N–H and O–H groups in total. The molecule has 1 aromatic carbocycles. The molecule has 0 spiro atoms. The third-order valence-corrected chi connectivity index (χ3v) is 11.9. The topological polar surface area (TPSA) is 0 Å². The Morgan fingerprint density at radius 3 is 2.05 bits per heavy atom. The van der Waals surface area contributed by atoms with Crippen LogP contribution in [0.5, 0.6) is 0 Å². The van der Waals surface area contributed by atoms with Crippen molar-refractivity contribution < 1.29 is 0 Å². The van der Waals surface area contributed by atoms with Crippen molar-refractivity contribution in [3.8, 4) is 0 Å². The van der Waals surface area contributed by atoms with Crippen LogP contribution in [0, 0.1) is 5.92 Å². The zero-order valence-electron chi connectivity index (χ0n) is 14.7. The molecule has 0 aromatic heterocycles. The van der Waals surface area contributed by atoms with Crippen molar-refractivity contribution in [1.82, 2.24) is 0 Å². The summed E-state index contributed by atoms with van der Waals surface area (Å²) in [6, 6.07) is 12.6. The Hall–Kier alpha value is -1.08. The molecule has 2 rings (SSSR count). The number of benzene rings is 1.